The Kier molecular flexibility index (Phi) is 5.95. The summed E-state index contributed by atoms with van der Waals surface area (Å²) in [5, 5.41) is 7.44. The van der Waals surface area contributed by atoms with Crippen LogP contribution in [0.3, 0.4) is 0 Å². The van der Waals surface area contributed by atoms with E-state index >= 15 is 0 Å². The van der Waals surface area contributed by atoms with E-state index in [9.17, 15) is 4.79 Å². The molecule has 1 N–H and O–H groups in total. The molecule has 2 heterocycles. The largest absolute Gasteiger partial charge is 0.334 e. The van der Waals surface area contributed by atoms with Crippen molar-refractivity contribution in [1.82, 2.24) is 15.5 Å². The summed E-state index contributed by atoms with van der Waals surface area (Å²) in [7, 11) is 0. The van der Waals surface area contributed by atoms with E-state index in [0.29, 0.717) is 11.7 Å². The van der Waals surface area contributed by atoms with E-state index in [-0.39, 0.29) is 6.03 Å². The molecule has 35 heavy (non-hydrogen) atoms. The van der Waals surface area contributed by atoms with Gasteiger partial charge in [-0.15, -0.1) is 0 Å². The van der Waals surface area contributed by atoms with Crippen molar-refractivity contribution in [3.63, 3.8) is 0 Å². The average molecular weight is 465 g/mol. The normalized spacial score (nSPS) is 15.9. The molecule has 0 fully saturated rings. The first-order chi connectivity index (χ1) is 16.9. The Balaban J connectivity index is 1.65. The van der Waals surface area contributed by atoms with Crippen molar-refractivity contribution in [2.45, 2.75) is 40.2 Å². The summed E-state index contributed by atoms with van der Waals surface area (Å²) >= 11 is 0. The third kappa shape index (κ3) is 4.35. The maximum atomic E-state index is 13.4. The van der Waals surface area contributed by atoms with E-state index in [0.717, 1.165) is 51.2 Å². The van der Waals surface area contributed by atoms with Crippen molar-refractivity contribution in [2.24, 2.45) is 0 Å². The maximum absolute atomic E-state index is 13.4. The molecule has 0 spiro atoms. The monoisotopic (exact) mass is 464 g/mol. The molecule has 0 aliphatic carbocycles. The lowest BCUT2D eigenvalue weighted by atomic mass is 9.93. The zero-order chi connectivity index (χ0) is 24.5. The van der Waals surface area contributed by atoms with Crippen molar-refractivity contribution in [3.05, 3.63) is 107 Å². The van der Waals surface area contributed by atoms with Gasteiger partial charge < -0.3 is 9.84 Å². The van der Waals surface area contributed by atoms with Crippen LogP contribution >= 0.6 is 0 Å². The summed E-state index contributed by atoms with van der Waals surface area (Å²) < 4.78 is 5.80. The molecule has 1 aromatic heterocycles. The first-order valence-corrected chi connectivity index (χ1v) is 11.8. The second kappa shape index (κ2) is 9.22. The molecule has 2 amide bonds. The summed E-state index contributed by atoms with van der Waals surface area (Å²) in [5.74, 6) is 0.902. The number of nitrogens with one attached hydrogen (secondary N) is 1. The third-order valence-electron chi connectivity index (χ3n) is 6.44. The SMILES string of the molecule is CCc1cccc(N2C(=O)NC(c3ccc(C)cc3)C(c3nc(-c4ccc(C)cc4)no3)=C2C)c1. The number of carbonyl (C=O) groups excluding carboxylic acids is 1. The van der Waals surface area contributed by atoms with E-state index in [4.69, 9.17) is 9.51 Å². The van der Waals surface area contributed by atoms with E-state index < -0.39 is 6.04 Å². The number of carbonyl (C=O) groups is 1. The number of amides is 2. The Bertz CT molecular complexity index is 1400. The molecule has 1 unspecified atom stereocenters. The van der Waals surface area contributed by atoms with Gasteiger partial charge in [0.2, 0.25) is 5.82 Å². The van der Waals surface area contributed by atoms with E-state index in [1.807, 2.05) is 87.5 Å². The van der Waals surface area contributed by atoms with Crippen LogP contribution in [-0.2, 0) is 6.42 Å². The third-order valence-corrected chi connectivity index (χ3v) is 6.44. The number of rotatable bonds is 5. The first kappa shape index (κ1) is 22.6. The lowest BCUT2D eigenvalue weighted by Gasteiger charge is -2.35. The van der Waals surface area contributed by atoms with E-state index in [2.05, 4.69) is 23.5 Å². The number of hydrogen-bond acceptors (Lipinski definition) is 4. The Morgan fingerprint density at radius 1 is 0.943 bits per heavy atom. The number of aromatic nitrogens is 2. The molecule has 4 aromatic rings. The number of urea groups is 1. The highest BCUT2D eigenvalue weighted by Crippen LogP contribution is 2.39. The van der Waals surface area contributed by atoms with Crippen LogP contribution in [0.5, 0.6) is 0 Å². The van der Waals surface area contributed by atoms with Gasteiger partial charge in [-0.2, -0.15) is 4.98 Å². The number of benzene rings is 3. The summed E-state index contributed by atoms with van der Waals surface area (Å²) in [6.45, 7) is 8.11. The minimum Gasteiger partial charge on any atom is -0.334 e. The molecule has 0 radical (unpaired) electrons. The number of aryl methyl sites for hydroxylation is 3. The van der Waals surface area contributed by atoms with Gasteiger partial charge in [0.25, 0.3) is 5.89 Å². The number of nitrogens with zero attached hydrogens (tertiary/aromatic N) is 3. The van der Waals surface area contributed by atoms with Gasteiger partial charge in [-0.3, -0.25) is 4.90 Å². The fourth-order valence-corrected chi connectivity index (χ4v) is 4.41. The van der Waals surface area contributed by atoms with Crippen LogP contribution in [0.15, 0.2) is 83.0 Å². The van der Waals surface area contributed by atoms with Crippen molar-refractivity contribution >= 4 is 17.3 Å². The van der Waals surface area contributed by atoms with Crippen LogP contribution in [0.2, 0.25) is 0 Å². The molecule has 0 saturated carbocycles. The number of allylic oxidation sites excluding steroid dienone is 1. The van der Waals surface area contributed by atoms with Gasteiger partial charge in [-0.25, -0.2) is 4.79 Å². The summed E-state index contributed by atoms with van der Waals surface area (Å²) in [6.07, 6.45) is 0.883. The predicted octanol–water partition coefficient (Wildman–Crippen LogP) is 6.62. The molecule has 1 atom stereocenters. The van der Waals surface area contributed by atoms with Crippen LogP contribution < -0.4 is 10.2 Å². The molecule has 0 bridgehead atoms. The molecule has 0 saturated heterocycles. The quantitative estimate of drug-likeness (QED) is 0.360. The second-order valence-corrected chi connectivity index (χ2v) is 8.94. The van der Waals surface area contributed by atoms with Gasteiger partial charge in [0.1, 0.15) is 0 Å². The summed E-state index contributed by atoms with van der Waals surface area (Å²) in [5.41, 5.74) is 7.64. The van der Waals surface area contributed by atoms with Gasteiger partial charge >= 0.3 is 6.03 Å². The molecule has 1 aliphatic heterocycles. The summed E-state index contributed by atoms with van der Waals surface area (Å²) in [4.78, 5) is 19.8. The molecule has 1 aliphatic rings. The van der Waals surface area contributed by atoms with Crippen molar-refractivity contribution in [1.29, 1.82) is 0 Å². The molecule has 6 heteroatoms. The van der Waals surface area contributed by atoms with Crippen LogP contribution in [0.4, 0.5) is 10.5 Å². The zero-order valence-corrected chi connectivity index (χ0v) is 20.4. The van der Waals surface area contributed by atoms with Gasteiger partial charge in [0, 0.05) is 11.3 Å². The summed E-state index contributed by atoms with van der Waals surface area (Å²) in [6, 6.07) is 23.5. The van der Waals surface area contributed by atoms with Gasteiger partial charge in [-0.05, 0) is 50.5 Å². The van der Waals surface area contributed by atoms with Crippen LogP contribution in [0, 0.1) is 13.8 Å². The maximum Gasteiger partial charge on any atom is 0.326 e. The fourth-order valence-electron chi connectivity index (χ4n) is 4.41. The molecular weight excluding hydrogens is 436 g/mol. The minimum absolute atomic E-state index is 0.191. The highest BCUT2D eigenvalue weighted by molar-refractivity contribution is 6.01. The smallest absolute Gasteiger partial charge is 0.326 e. The lowest BCUT2D eigenvalue weighted by Crippen LogP contribution is -2.46. The van der Waals surface area contributed by atoms with Gasteiger partial charge in [0.05, 0.1) is 17.3 Å². The standard InChI is InChI=1S/C29H28N4O2/c1-5-21-7-6-8-24(17-21)33-20(4)25(26(30-29(33)34)22-13-9-18(2)10-14-22)28-31-27(32-35-28)23-15-11-19(3)12-16-23/h6-17,26H,5H2,1-4H3,(H,30,34). The van der Waals surface area contributed by atoms with Crippen molar-refractivity contribution < 1.29 is 9.32 Å². The molecule has 5 rings (SSSR count). The topological polar surface area (TPSA) is 71.3 Å². The lowest BCUT2D eigenvalue weighted by molar-refractivity contribution is 0.244. The molecule has 6 nitrogen and oxygen atoms in total. The molecule has 3 aromatic carbocycles. The number of anilines is 1. The van der Waals surface area contributed by atoms with Crippen LogP contribution in [-0.4, -0.2) is 16.2 Å². The van der Waals surface area contributed by atoms with Gasteiger partial charge in [0.15, 0.2) is 0 Å². The van der Waals surface area contributed by atoms with Crippen molar-refractivity contribution in [3.8, 4) is 11.4 Å². The van der Waals surface area contributed by atoms with Crippen LogP contribution in [0.25, 0.3) is 17.0 Å². The Morgan fingerprint density at radius 3 is 2.31 bits per heavy atom. The minimum atomic E-state index is -0.417. The van der Waals surface area contributed by atoms with Crippen LogP contribution in [0.1, 0.15) is 48.0 Å². The number of hydrogen-bond donors (Lipinski definition) is 1. The van der Waals surface area contributed by atoms with Crippen molar-refractivity contribution in [2.75, 3.05) is 4.90 Å². The highest BCUT2D eigenvalue weighted by Gasteiger charge is 2.36. The second-order valence-electron chi connectivity index (χ2n) is 8.94. The zero-order valence-electron chi connectivity index (χ0n) is 20.4. The average Bonchev–Trinajstić information content (AvgIpc) is 3.34. The van der Waals surface area contributed by atoms with Gasteiger partial charge in [-0.1, -0.05) is 83.9 Å². The Hall–Kier alpha value is -4.19. The first-order valence-electron chi connectivity index (χ1n) is 11.8. The highest BCUT2D eigenvalue weighted by atomic mass is 16.5. The molecular formula is C29H28N4O2. The Labute approximate surface area is 205 Å². The Morgan fingerprint density at radius 2 is 1.63 bits per heavy atom. The fraction of sp³-hybridized carbons (Fsp3) is 0.207. The van der Waals surface area contributed by atoms with E-state index in [1.165, 1.54) is 0 Å². The van der Waals surface area contributed by atoms with E-state index in [1.54, 1.807) is 4.90 Å². The molecule has 176 valence electrons. The predicted molar refractivity (Wildman–Crippen MR) is 138 cm³/mol.